The highest BCUT2D eigenvalue weighted by Gasteiger charge is 2.18. The average Bonchev–Trinajstić information content (AvgIpc) is 2.40. The maximum atomic E-state index is 12.1. The summed E-state index contributed by atoms with van der Waals surface area (Å²) in [5, 5.41) is 0. The summed E-state index contributed by atoms with van der Waals surface area (Å²) in [4.78, 5) is 16.3. The second kappa shape index (κ2) is 5.98. The molecular formula is C14H21N3O. The van der Waals surface area contributed by atoms with E-state index >= 15 is 0 Å². The first-order valence-corrected chi connectivity index (χ1v) is 6.43. The largest absolute Gasteiger partial charge is 0.340 e. The second-order valence-electron chi connectivity index (χ2n) is 4.88. The van der Waals surface area contributed by atoms with Gasteiger partial charge in [0, 0.05) is 32.7 Å². The Balaban J connectivity index is 1.90. The summed E-state index contributed by atoms with van der Waals surface area (Å²) in [6, 6.07) is 7.98. The zero-order valence-electron chi connectivity index (χ0n) is 10.9. The molecule has 0 spiro atoms. The van der Waals surface area contributed by atoms with Gasteiger partial charge in [-0.3, -0.25) is 4.79 Å². The number of likely N-dealkylation sites (N-methyl/N-ethyl adjacent to an activating group) is 1. The Morgan fingerprint density at radius 2 is 1.67 bits per heavy atom. The Hall–Kier alpha value is -1.39. The summed E-state index contributed by atoms with van der Waals surface area (Å²) in [5.74, 6) is 0.226. The van der Waals surface area contributed by atoms with E-state index in [0.29, 0.717) is 13.0 Å². The molecule has 1 aliphatic heterocycles. The van der Waals surface area contributed by atoms with E-state index in [-0.39, 0.29) is 5.91 Å². The van der Waals surface area contributed by atoms with Crippen molar-refractivity contribution < 1.29 is 4.79 Å². The predicted molar refractivity (Wildman–Crippen MR) is 72.1 cm³/mol. The van der Waals surface area contributed by atoms with Crippen molar-refractivity contribution >= 4 is 5.91 Å². The molecule has 2 N–H and O–H groups in total. The molecule has 4 heteroatoms. The molecule has 0 aliphatic carbocycles. The second-order valence-corrected chi connectivity index (χ2v) is 4.88. The molecule has 0 saturated carbocycles. The molecule has 1 amide bonds. The molecule has 98 valence electrons. The van der Waals surface area contributed by atoms with Crippen molar-refractivity contribution in [2.24, 2.45) is 5.73 Å². The van der Waals surface area contributed by atoms with Crippen LogP contribution >= 0.6 is 0 Å². The van der Waals surface area contributed by atoms with Gasteiger partial charge in [-0.25, -0.2) is 0 Å². The number of carbonyl (C=O) groups is 1. The standard InChI is InChI=1S/C14H21N3O/c1-16-6-8-17(9-7-16)14(18)10-12-2-4-13(11-15)5-3-12/h2-5H,6-11,15H2,1H3. The minimum Gasteiger partial charge on any atom is -0.340 e. The Labute approximate surface area is 108 Å². The van der Waals surface area contributed by atoms with Crippen LogP contribution in [0.2, 0.25) is 0 Å². The molecular weight excluding hydrogens is 226 g/mol. The minimum atomic E-state index is 0.226. The van der Waals surface area contributed by atoms with E-state index in [9.17, 15) is 4.79 Å². The first kappa shape index (κ1) is 13.1. The SMILES string of the molecule is CN1CCN(C(=O)Cc2ccc(CN)cc2)CC1. The molecule has 1 heterocycles. The molecule has 0 radical (unpaired) electrons. The van der Waals surface area contributed by atoms with Gasteiger partial charge >= 0.3 is 0 Å². The Kier molecular flexibility index (Phi) is 4.33. The van der Waals surface area contributed by atoms with Gasteiger partial charge in [0.15, 0.2) is 0 Å². The predicted octanol–water partition coefficient (Wildman–Crippen LogP) is 0.462. The number of nitrogens with two attached hydrogens (primary N) is 1. The van der Waals surface area contributed by atoms with Gasteiger partial charge in [0.2, 0.25) is 5.91 Å². The van der Waals surface area contributed by atoms with Gasteiger partial charge in [-0.15, -0.1) is 0 Å². The summed E-state index contributed by atoms with van der Waals surface area (Å²) in [5.41, 5.74) is 7.72. The number of piperazine rings is 1. The van der Waals surface area contributed by atoms with Crippen molar-refractivity contribution in [2.75, 3.05) is 33.2 Å². The van der Waals surface area contributed by atoms with Crippen molar-refractivity contribution in [3.63, 3.8) is 0 Å². The van der Waals surface area contributed by atoms with E-state index < -0.39 is 0 Å². The van der Waals surface area contributed by atoms with Crippen molar-refractivity contribution in [3.05, 3.63) is 35.4 Å². The fourth-order valence-electron chi connectivity index (χ4n) is 2.14. The lowest BCUT2D eigenvalue weighted by Crippen LogP contribution is -2.47. The van der Waals surface area contributed by atoms with E-state index in [1.165, 1.54) is 0 Å². The van der Waals surface area contributed by atoms with Gasteiger partial charge in [-0.2, -0.15) is 0 Å². The first-order chi connectivity index (χ1) is 8.69. The van der Waals surface area contributed by atoms with Crippen molar-refractivity contribution in [2.45, 2.75) is 13.0 Å². The molecule has 0 aromatic heterocycles. The van der Waals surface area contributed by atoms with Crippen LogP contribution in [0.25, 0.3) is 0 Å². The number of amides is 1. The van der Waals surface area contributed by atoms with Crippen LogP contribution in [0.4, 0.5) is 0 Å². The quantitative estimate of drug-likeness (QED) is 0.844. The highest BCUT2D eigenvalue weighted by molar-refractivity contribution is 5.78. The maximum absolute atomic E-state index is 12.1. The molecule has 0 bridgehead atoms. The number of rotatable bonds is 3. The Morgan fingerprint density at radius 1 is 1.11 bits per heavy atom. The minimum absolute atomic E-state index is 0.226. The van der Waals surface area contributed by atoms with E-state index in [1.54, 1.807) is 0 Å². The topological polar surface area (TPSA) is 49.6 Å². The average molecular weight is 247 g/mol. The Bertz CT molecular complexity index is 394. The third-order valence-electron chi connectivity index (χ3n) is 3.47. The zero-order valence-corrected chi connectivity index (χ0v) is 10.9. The highest BCUT2D eigenvalue weighted by Crippen LogP contribution is 2.08. The molecule has 1 aliphatic rings. The summed E-state index contributed by atoms with van der Waals surface area (Å²) in [6.45, 7) is 4.18. The van der Waals surface area contributed by atoms with Crippen LogP contribution in [0.5, 0.6) is 0 Å². The molecule has 1 aromatic carbocycles. The molecule has 0 atom stereocenters. The summed E-state index contributed by atoms with van der Waals surface area (Å²) >= 11 is 0. The molecule has 0 unspecified atom stereocenters. The number of nitrogens with zero attached hydrogens (tertiary/aromatic N) is 2. The lowest BCUT2D eigenvalue weighted by molar-refractivity contribution is -0.132. The monoisotopic (exact) mass is 247 g/mol. The summed E-state index contributed by atoms with van der Waals surface area (Å²) in [7, 11) is 2.09. The van der Waals surface area contributed by atoms with Crippen LogP contribution in [0.1, 0.15) is 11.1 Å². The normalized spacial score (nSPS) is 16.9. The zero-order chi connectivity index (χ0) is 13.0. The van der Waals surface area contributed by atoms with E-state index in [1.807, 2.05) is 29.2 Å². The summed E-state index contributed by atoms with van der Waals surface area (Å²) < 4.78 is 0. The van der Waals surface area contributed by atoms with Crippen molar-refractivity contribution in [3.8, 4) is 0 Å². The maximum Gasteiger partial charge on any atom is 0.227 e. The van der Waals surface area contributed by atoms with Gasteiger partial charge in [-0.05, 0) is 18.2 Å². The number of carbonyl (C=O) groups excluding carboxylic acids is 1. The van der Waals surface area contributed by atoms with Gasteiger partial charge in [0.05, 0.1) is 6.42 Å². The smallest absolute Gasteiger partial charge is 0.227 e. The lowest BCUT2D eigenvalue weighted by atomic mass is 10.1. The highest BCUT2D eigenvalue weighted by atomic mass is 16.2. The molecule has 1 aromatic rings. The van der Waals surface area contributed by atoms with Crippen LogP contribution in [0, 0.1) is 0 Å². The van der Waals surface area contributed by atoms with Gasteiger partial charge < -0.3 is 15.5 Å². The van der Waals surface area contributed by atoms with E-state index in [0.717, 1.165) is 37.3 Å². The third kappa shape index (κ3) is 3.31. The fraction of sp³-hybridized carbons (Fsp3) is 0.500. The Morgan fingerprint density at radius 3 is 2.22 bits per heavy atom. The van der Waals surface area contributed by atoms with Crippen molar-refractivity contribution in [1.29, 1.82) is 0 Å². The van der Waals surface area contributed by atoms with Crippen LogP contribution in [0.3, 0.4) is 0 Å². The molecule has 18 heavy (non-hydrogen) atoms. The number of hydrogen-bond donors (Lipinski definition) is 1. The van der Waals surface area contributed by atoms with Crippen LogP contribution in [-0.2, 0) is 17.8 Å². The summed E-state index contributed by atoms with van der Waals surface area (Å²) in [6.07, 6.45) is 0.495. The van der Waals surface area contributed by atoms with Crippen molar-refractivity contribution in [1.82, 2.24) is 9.80 Å². The van der Waals surface area contributed by atoms with Gasteiger partial charge in [0.25, 0.3) is 0 Å². The van der Waals surface area contributed by atoms with Crippen LogP contribution in [-0.4, -0.2) is 48.9 Å². The van der Waals surface area contributed by atoms with Gasteiger partial charge in [0.1, 0.15) is 0 Å². The molecule has 1 saturated heterocycles. The number of hydrogen-bond acceptors (Lipinski definition) is 3. The van der Waals surface area contributed by atoms with Crippen LogP contribution in [0.15, 0.2) is 24.3 Å². The molecule has 2 rings (SSSR count). The lowest BCUT2D eigenvalue weighted by Gasteiger charge is -2.32. The van der Waals surface area contributed by atoms with Gasteiger partial charge in [-0.1, -0.05) is 24.3 Å². The van der Waals surface area contributed by atoms with E-state index in [2.05, 4.69) is 11.9 Å². The molecule has 4 nitrogen and oxygen atoms in total. The third-order valence-corrected chi connectivity index (χ3v) is 3.47. The van der Waals surface area contributed by atoms with Crippen LogP contribution < -0.4 is 5.73 Å². The molecule has 1 fully saturated rings. The fourth-order valence-corrected chi connectivity index (χ4v) is 2.14. The van der Waals surface area contributed by atoms with E-state index in [4.69, 9.17) is 5.73 Å². The number of benzene rings is 1. The first-order valence-electron chi connectivity index (χ1n) is 6.43.